The quantitative estimate of drug-likeness (QED) is 0.475. The molecule has 2 aromatic heterocycles. The Hall–Kier alpha value is -4.18. The normalized spacial score (nSPS) is 15.6. The lowest BCUT2D eigenvalue weighted by atomic mass is 9.71. The molecule has 2 aliphatic rings. The zero-order chi connectivity index (χ0) is 28.4. The fourth-order valence-electron chi connectivity index (χ4n) is 5.56. The summed E-state index contributed by atoms with van der Waals surface area (Å²) in [5.41, 5.74) is 4.99. The molecule has 4 amide bonds. The second kappa shape index (κ2) is 11.1. The molecule has 5 rings (SSSR count). The van der Waals surface area contributed by atoms with Gasteiger partial charge in [-0.1, -0.05) is 12.1 Å². The van der Waals surface area contributed by atoms with Crippen molar-refractivity contribution in [1.29, 1.82) is 0 Å². The van der Waals surface area contributed by atoms with Gasteiger partial charge < -0.3 is 25.0 Å². The van der Waals surface area contributed by atoms with E-state index in [1.165, 1.54) is 16.2 Å². The Kier molecular flexibility index (Phi) is 7.62. The fraction of sp³-hybridized carbons (Fsp3) is 0.400. The van der Waals surface area contributed by atoms with Gasteiger partial charge in [-0.2, -0.15) is 0 Å². The number of hydrogen-bond donors (Lipinski definition) is 2. The average molecular weight is 544 g/mol. The Morgan fingerprint density at radius 2 is 1.68 bits per heavy atom. The summed E-state index contributed by atoms with van der Waals surface area (Å²) in [6.45, 7) is 2.69. The largest absolute Gasteiger partial charge is 0.345 e. The van der Waals surface area contributed by atoms with Crippen LogP contribution in [-0.2, 0) is 25.2 Å². The minimum Gasteiger partial charge on any atom is -0.345 e. The number of pyridine rings is 1. The van der Waals surface area contributed by atoms with Crippen LogP contribution in [0.4, 0.5) is 10.5 Å². The first-order chi connectivity index (χ1) is 19.2. The predicted octanol–water partition coefficient (Wildman–Crippen LogP) is 3.50. The van der Waals surface area contributed by atoms with E-state index in [1.807, 2.05) is 30.3 Å². The van der Waals surface area contributed by atoms with Crippen LogP contribution in [-0.4, -0.2) is 76.8 Å². The number of urea groups is 1. The van der Waals surface area contributed by atoms with Gasteiger partial charge in [0, 0.05) is 59.1 Å². The van der Waals surface area contributed by atoms with Crippen molar-refractivity contribution in [3.63, 3.8) is 0 Å². The molecular formula is C30H37N7O3. The smallest absolute Gasteiger partial charge is 0.321 e. The Labute approximate surface area is 235 Å². The SMILES string of the molecule is CN(C)C(=O)Nc1ccc(CNC(=O)c2ccc3n2CCN(Cc2ccc(C(=O)N(C)C)cc2)C32CCC2)nc1. The number of nitrogens with zero attached hydrogens (tertiary/aromatic N) is 5. The Bertz CT molecular complexity index is 1390. The molecule has 0 atom stereocenters. The minimum atomic E-state index is -0.224. The Morgan fingerprint density at radius 3 is 2.27 bits per heavy atom. The third kappa shape index (κ3) is 5.31. The van der Waals surface area contributed by atoms with Crippen molar-refractivity contribution < 1.29 is 14.4 Å². The molecule has 40 heavy (non-hydrogen) atoms. The number of hydrogen-bond acceptors (Lipinski definition) is 5. The molecule has 10 nitrogen and oxygen atoms in total. The summed E-state index contributed by atoms with van der Waals surface area (Å²) in [5.74, 6) is -0.118. The molecule has 3 heterocycles. The molecule has 1 aromatic carbocycles. The molecule has 0 bridgehead atoms. The number of carbonyl (C=O) groups excluding carboxylic acids is 3. The molecule has 2 N–H and O–H groups in total. The number of benzene rings is 1. The van der Waals surface area contributed by atoms with E-state index in [9.17, 15) is 14.4 Å². The molecule has 3 aromatic rings. The van der Waals surface area contributed by atoms with Crippen molar-refractivity contribution in [2.45, 2.75) is 44.4 Å². The van der Waals surface area contributed by atoms with E-state index < -0.39 is 0 Å². The van der Waals surface area contributed by atoms with E-state index in [0.29, 0.717) is 29.2 Å². The van der Waals surface area contributed by atoms with E-state index >= 15 is 0 Å². The van der Waals surface area contributed by atoms with Gasteiger partial charge in [0.2, 0.25) is 0 Å². The second-order valence-electron chi connectivity index (χ2n) is 11.0. The van der Waals surface area contributed by atoms with Crippen LogP contribution in [0.15, 0.2) is 54.7 Å². The molecule has 1 aliphatic heterocycles. The van der Waals surface area contributed by atoms with Gasteiger partial charge in [-0.15, -0.1) is 0 Å². The van der Waals surface area contributed by atoms with Crippen molar-refractivity contribution in [1.82, 2.24) is 29.6 Å². The van der Waals surface area contributed by atoms with Crippen molar-refractivity contribution >= 4 is 23.5 Å². The van der Waals surface area contributed by atoms with Crippen LogP contribution in [0.3, 0.4) is 0 Å². The number of rotatable bonds is 7. The van der Waals surface area contributed by atoms with Crippen LogP contribution in [0, 0.1) is 0 Å². The van der Waals surface area contributed by atoms with Crippen molar-refractivity contribution in [2.75, 3.05) is 40.1 Å². The summed E-state index contributed by atoms with van der Waals surface area (Å²) in [5, 5.41) is 5.76. The fourth-order valence-corrected chi connectivity index (χ4v) is 5.56. The molecule has 0 saturated heterocycles. The van der Waals surface area contributed by atoms with E-state index in [0.717, 1.165) is 38.9 Å². The van der Waals surface area contributed by atoms with Crippen LogP contribution in [0.25, 0.3) is 0 Å². The Balaban J connectivity index is 1.24. The summed E-state index contributed by atoms with van der Waals surface area (Å²) in [7, 11) is 6.87. The molecule has 0 unspecified atom stereocenters. The van der Waals surface area contributed by atoms with Crippen LogP contribution < -0.4 is 10.6 Å². The maximum absolute atomic E-state index is 13.2. The number of nitrogens with one attached hydrogen (secondary N) is 2. The summed E-state index contributed by atoms with van der Waals surface area (Å²) in [6, 6.07) is 15.3. The standard InChI is InChI=1S/C30H37N7O3/c1-34(2)28(39)22-8-6-21(7-9-22)20-36-16-17-37-25(12-13-26(37)30(36)14-5-15-30)27(38)32-18-23-10-11-24(19-31-23)33-29(40)35(3)4/h6-13,19H,5,14-18,20H2,1-4H3,(H,32,38)(H,33,40). The van der Waals surface area contributed by atoms with E-state index in [2.05, 4.69) is 31.2 Å². The minimum absolute atomic E-state index is 0.00455. The molecule has 210 valence electrons. The highest BCUT2D eigenvalue weighted by Gasteiger charge is 2.48. The number of aromatic nitrogens is 2. The van der Waals surface area contributed by atoms with Gasteiger partial charge in [0.1, 0.15) is 5.69 Å². The van der Waals surface area contributed by atoms with Crippen molar-refractivity contribution in [3.8, 4) is 0 Å². The lowest BCUT2D eigenvalue weighted by Crippen LogP contribution is -2.56. The number of amides is 4. The molecule has 10 heteroatoms. The monoisotopic (exact) mass is 543 g/mol. The second-order valence-corrected chi connectivity index (χ2v) is 11.0. The van der Waals surface area contributed by atoms with Crippen LogP contribution >= 0.6 is 0 Å². The van der Waals surface area contributed by atoms with Gasteiger partial charge in [0.15, 0.2) is 0 Å². The van der Waals surface area contributed by atoms with Gasteiger partial charge in [-0.25, -0.2) is 4.79 Å². The van der Waals surface area contributed by atoms with Crippen LogP contribution in [0.1, 0.15) is 57.1 Å². The molecule has 1 spiro atoms. The predicted molar refractivity (Wildman–Crippen MR) is 153 cm³/mol. The van der Waals surface area contributed by atoms with Gasteiger partial charge in [0.05, 0.1) is 29.7 Å². The van der Waals surface area contributed by atoms with Crippen LogP contribution in [0.5, 0.6) is 0 Å². The number of anilines is 1. The maximum atomic E-state index is 13.2. The number of fused-ring (bicyclic) bond motifs is 2. The summed E-state index contributed by atoms with van der Waals surface area (Å²) >= 11 is 0. The highest BCUT2D eigenvalue weighted by Crippen LogP contribution is 2.49. The molecular weight excluding hydrogens is 506 g/mol. The summed E-state index contributed by atoms with van der Waals surface area (Å²) in [6.07, 6.45) is 4.88. The first kappa shape index (κ1) is 27.4. The Morgan fingerprint density at radius 1 is 0.925 bits per heavy atom. The average Bonchev–Trinajstić information content (AvgIpc) is 3.36. The summed E-state index contributed by atoms with van der Waals surface area (Å²) < 4.78 is 2.18. The van der Waals surface area contributed by atoms with Gasteiger partial charge in [0.25, 0.3) is 11.8 Å². The van der Waals surface area contributed by atoms with E-state index in [1.54, 1.807) is 51.4 Å². The van der Waals surface area contributed by atoms with Crippen molar-refractivity contribution in [2.24, 2.45) is 0 Å². The number of carbonyl (C=O) groups is 3. The highest BCUT2D eigenvalue weighted by molar-refractivity contribution is 5.94. The maximum Gasteiger partial charge on any atom is 0.321 e. The molecule has 1 saturated carbocycles. The summed E-state index contributed by atoms with van der Waals surface area (Å²) in [4.78, 5) is 47.2. The molecule has 0 radical (unpaired) electrons. The third-order valence-corrected chi connectivity index (χ3v) is 7.96. The first-order valence-corrected chi connectivity index (χ1v) is 13.6. The first-order valence-electron chi connectivity index (χ1n) is 13.6. The van der Waals surface area contributed by atoms with E-state index in [-0.39, 0.29) is 23.4 Å². The van der Waals surface area contributed by atoms with Gasteiger partial charge in [-0.05, 0) is 61.2 Å². The van der Waals surface area contributed by atoms with E-state index in [4.69, 9.17) is 0 Å². The lowest BCUT2D eigenvalue weighted by molar-refractivity contribution is -0.0217. The van der Waals surface area contributed by atoms with Crippen LogP contribution in [0.2, 0.25) is 0 Å². The van der Waals surface area contributed by atoms with Gasteiger partial charge >= 0.3 is 6.03 Å². The molecule has 1 fully saturated rings. The highest BCUT2D eigenvalue weighted by atomic mass is 16.2. The third-order valence-electron chi connectivity index (χ3n) is 7.96. The zero-order valence-electron chi connectivity index (χ0n) is 23.6. The van der Waals surface area contributed by atoms with Crippen molar-refractivity contribution in [3.05, 3.63) is 82.9 Å². The topological polar surface area (TPSA) is 103 Å². The lowest BCUT2D eigenvalue weighted by Gasteiger charge is -2.53. The van der Waals surface area contributed by atoms with Gasteiger partial charge in [-0.3, -0.25) is 19.5 Å². The molecule has 1 aliphatic carbocycles. The zero-order valence-corrected chi connectivity index (χ0v) is 23.6.